The van der Waals surface area contributed by atoms with E-state index in [-0.39, 0.29) is 11.9 Å². The molecule has 3 atom stereocenters. The number of carbonyl (C=O) groups excluding carboxylic acids is 1. The predicted octanol–water partition coefficient (Wildman–Crippen LogP) is 1.09. The molecular formula is C16H23N3O3. The van der Waals surface area contributed by atoms with Gasteiger partial charge in [-0.3, -0.25) is 10.2 Å². The van der Waals surface area contributed by atoms with Crippen molar-refractivity contribution < 1.29 is 14.3 Å². The Morgan fingerprint density at radius 3 is 2.68 bits per heavy atom. The molecule has 2 fully saturated rings. The standard InChI is InChI=1S/C16H23N3O3/c1-10(20)19-7-6-13-12(9-19)16(18-17-13)11-4-5-14(21-2)15(8-11)22-3/h4-5,8,12-13,16-18H,6-7,9H2,1-3H3. The Morgan fingerprint density at radius 2 is 2.00 bits per heavy atom. The third-order valence-corrected chi connectivity index (χ3v) is 4.72. The van der Waals surface area contributed by atoms with Gasteiger partial charge in [0.1, 0.15) is 0 Å². The van der Waals surface area contributed by atoms with Crippen LogP contribution in [0.1, 0.15) is 24.9 Å². The van der Waals surface area contributed by atoms with Gasteiger partial charge in [-0.2, -0.15) is 0 Å². The maximum atomic E-state index is 11.7. The molecule has 120 valence electrons. The number of carbonyl (C=O) groups is 1. The zero-order valence-corrected chi connectivity index (χ0v) is 13.3. The van der Waals surface area contributed by atoms with E-state index in [0.29, 0.717) is 12.0 Å². The van der Waals surface area contributed by atoms with Crippen molar-refractivity contribution in [3.63, 3.8) is 0 Å². The van der Waals surface area contributed by atoms with Crippen molar-refractivity contribution in [2.24, 2.45) is 5.92 Å². The number of likely N-dealkylation sites (tertiary alicyclic amines) is 1. The summed E-state index contributed by atoms with van der Waals surface area (Å²) < 4.78 is 10.7. The number of piperidine rings is 1. The summed E-state index contributed by atoms with van der Waals surface area (Å²) in [5.74, 6) is 1.96. The maximum Gasteiger partial charge on any atom is 0.219 e. The molecule has 1 amide bonds. The van der Waals surface area contributed by atoms with E-state index in [9.17, 15) is 4.79 Å². The van der Waals surface area contributed by atoms with Gasteiger partial charge in [0.2, 0.25) is 5.91 Å². The zero-order valence-electron chi connectivity index (χ0n) is 13.3. The molecule has 3 unspecified atom stereocenters. The number of fused-ring (bicyclic) bond motifs is 1. The largest absolute Gasteiger partial charge is 0.493 e. The van der Waals surface area contributed by atoms with Crippen LogP contribution in [0.5, 0.6) is 11.5 Å². The van der Waals surface area contributed by atoms with Gasteiger partial charge in [-0.15, -0.1) is 0 Å². The molecule has 2 saturated heterocycles. The molecule has 22 heavy (non-hydrogen) atoms. The van der Waals surface area contributed by atoms with E-state index in [0.717, 1.165) is 36.6 Å². The number of hydrogen-bond acceptors (Lipinski definition) is 5. The summed E-state index contributed by atoms with van der Waals surface area (Å²) in [6.45, 7) is 3.24. The smallest absolute Gasteiger partial charge is 0.219 e. The van der Waals surface area contributed by atoms with Crippen LogP contribution in [0, 0.1) is 5.92 Å². The van der Waals surface area contributed by atoms with Gasteiger partial charge in [0.25, 0.3) is 0 Å². The van der Waals surface area contributed by atoms with Crippen LogP contribution in [0.3, 0.4) is 0 Å². The second-order valence-corrected chi connectivity index (χ2v) is 5.90. The van der Waals surface area contributed by atoms with E-state index in [1.165, 1.54) is 0 Å². The molecule has 2 N–H and O–H groups in total. The number of amides is 1. The molecule has 2 heterocycles. The highest BCUT2D eigenvalue weighted by atomic mass is 16.5. The van der Waals surface area contributed by atoms with Crippen LogP contribution in [0.15, 0.2) is 18.2 Å². The van der Waals surface area contributed by atoms with Crippen LogP contribution in [-0.2, 0) is 4.79 Å². The third kappa shape index (κ3) is 2.64. The summed E-state index contributed by atoms with van der Waals surface area (Å²) >= 11 is 0. The minimum atomic E-state index is 0.149. The SMILES string of the molecule is COc1ccc(C2NNC3CCN(C(C)=O)CC32)cc1OC. The monoisotopic (exact) mass is 305 g/mol. The normalized spacial score (nSPS) is 27.4. The second-order valence-electron chi connectivity index (χ2n) is 5.90. The van der Waals surface area contributed by atoms with Crippen molar-refractivity contribution in [3.05, 3.63) is 23.8 Å². The molecule has 0 aromatic heterocycles. The highest BCUT2D eigenvalue weighted by Gasteiger charge is 2.41. The Hall–Kier alpha value is -1.79. The minimum Gasteiger partial charge on any atom is -0.493 e. The van der Waals surface area contributed by atoms with Crippen molar-refractivity contribution in [3.8, 4) is 11.5 Å². The van der Waals surface area contributed by atoms with Crippen LogP contribution in [-0.4, -0.2) is 44.2 Å². The van der Waals surface area contributed by atoms with Gasteiger partial charge in [0.15, 0.2) is 11.5 Å². The molecule has 0 saturated carbocycles. The lowest BCUT2D eigenvalue weighted by molar-refractivity contribution is -0.130. The third-order valence-electron chi connectivity index (χ3n) is 4.72. The van der Waals surface area contributed by atoms with Gasteiger partial charge in [0.05, 0.1) is 20.3 Å². The van der Waals surface area contributed by atoms with Gasteiger partial charge in [0, 0.05) is 32.0 Å². The highest BCUT2D eigenvalue weighted by molar-refractivity contribution is 5.73. The van der Waals surface area contributed by atoms with E-state index >= 15 is 0 Å². The molecule has 0 aliphatic carbocycles. The fourth-order valence-corrected chi connectivity index (χ4v) is 3.47. The number of rotatable bonds is 3. The molecule has 0 spiro atoms. The van der Waals surface area contributed by atoms with Gasteiger partial charge in [-0.05, 0) is 24.1 Å². The predicted molar refractivity (Wildman–Crippen MR) is 82.7 cm³/mol. The molecule has 6 heteroatoms. The van der Waals surface area contributed by atoms with Crippen molar-refractivity contribution in [1.82, 2.24) is 15.8 Å². The molecule has 0 radical (unpaired) electrons. The summed E-state index contributed by atoms with van der Waals surface area (Å²) in [5, 5.41) is 0. The zero-order chi connectivity index (χ0) is 15.7. The van der Waals surface area contributed by atoms with E-state index in [1.54, 1.807) is 21.1 Å². The summed E-state index contributed by atoms with van der Waals surface area (Å²) in [5.41, 5.74) is 7.89. The number of hydrazine groups is 1. The second kappa shape index (κ2) is 6.14. The van der Waals surface area contributed by atoms with Gasteiger partial charge >= 0.3 is 0 Å². The highest BCUT2D eigenvalue weighted by Crippen LogP contribution is 2.37. The van der Waals surface area contributed by atoms with Crippen molar-refractivity contribution >= 4 is 5.91 Å². The fourth-order valence-electron chi connectivity index (χ4n) is 3.47. The van der Waals surface area contributed by atoms with E-state index in [2.05, 4.69) is 16.9 Å². The Kier molecular flexibility index (Phi) is 4.22. The summed E-state index contributed by atoms with van der Waals surface area (Å²) in [6.07, 6.45) is 0.973. The van der Waals surface area contributed by atoms with E-state index in [1.807, 2.05) is 17.0 Å². The van der Waals surface area contributed by atoms with Gasteiger partial charge < -0.3 is 14.4 Å². The number of ether oxygens (including phenoxy) is 2. The molecule has 3 rings (SSSR count). The van der Waals surface area contributed by atoms with E-state index in [4.69, 9.17) is 9.47 Å². The first kappa shape index (κ1) is 15.1. The first-order chi connectivity index (χ1) is 10.6. The minimum absolute atomic E-state index is 0.149. The first-order valence-corrected chi connectivity index (χ1v) is 7.62. The Labute approximate surface area is 130 Å². The van der Waals surface area contributed by atoms with Crippen molar-refractivity contribution in [1.29, 1.82) is 0 Å². The van der Waals surface area contributed by atoms with Crippen molar-refractivity contribution in [2.45, 2.75) is 25.4 Å². The van der Waals surface area contributed by atoms with Crippen molar-refractivity contribution in [2.75, 3.05) is 27.3 Å². The summed E-state index contributed by atoms with van der Waals surface area (Å²) in [4.78, 5) is 13.6. The molecule has 1 aromatic rings. The number of methoxy groups -OCH3 is 2. The fraction of sp³-hybridized carbons (Fsp3) is 0.562. The molecular weight excluding hydrogens is 282 g/mol. The molecule has 6 nitrogen and oxygen atoms in total. The number of nitrogens with zero attached hydrogens (tertiary/aromatic N) is 1. The van der Waals surface area contributed by atoms with Gasteiger partial charge in [-0.1, -0.05) is 6.07 Å². The lowest BCUT2D eigenvalue weighted by atomic mass is 9.85. The Bertz CT molecular complexity index is 564. The van der Waals surface area contributed by atoms with Crippen LogP contribution in [0.4, 0.5) is 0 Å². The molecule has 1 aromatic carbocycles. The lowest BCUT2D eigenvalue weighted by Crippen LogP contribution is -2.47. The molecule has 2 aliphatic rings. The first-order valence-electron chi connectivity index (χ1n) is 7.62. The average Bonchev–Trinajstić information content (AvgIpc) is 2.97. The Balaban J connectivity index is 1.84. The van der Waals surface area contributed by atoms with E-state index < -0.39 is 0 Å². The summed E-state index contributed by atoms with van der Waals surface area (Å²) in [6, 6.07) is 6.54. The number of hydrogen-bond donors (Lipinski definition) is 2. The number of nitrogens with one attached hydrogen (secondary N) is 2. The molecule has 2 aliphatic heterocycles. The van der Waals surface area contributed by atoms with Gasteiger partial charge in [-0.25, -0.2) is 5.43 Å². The van der Waals surface area contributed by atoms with Crippen LogP contribution >= 0.6 is 0 Å². The average molecular weight is 305 g/mol. The molecule has 0 bridgehead atoms. The Morgan fingerprint density at radius 1 is 1.23 bits per heavy atom. The maximum absolute atomic E-state index is 11.7. The number of benzene rings is 1. The van der Waals surface area contributed by atoms with Crippen LogP contribution < -0.4 is 20.3 Å². The lowest BCUT2D eigenvalue weighted by Gasteiger charge is -2.35. The van der Waals surface area contributed by atoms with Crippen LogP contribution in [0.25, 0.3) is 0 Å². The quantitative estimate of drug-likeness (QED) is 0.875. The van der Waals surface area contributed by atoms with Crippen LogP contribution in [0.2, 0.25) is 0 Å². The summed E-state index contributed by atoms with van der Waals surface area (Å²) in [7, 11) is 3.28. The topological polar surface area (TPSA) is 62.8 Å².